The molecule has 0 saturated heterocycles. The van der Waals surface area contributed by atoms with Crippen molar-refractivity contribution in [2.24, 2.45) is 0 Å². The fraction of sp³-hybridized carbons (Fsp3) is 0.250. The molecule has 0 aliphatic heterocycles. The molecule has 1 aromatic heterocycles. The topological polar surface area (TPSA) is 112 Å². The molecule has 1 heterocycles. The second-order valence-electron chi connectivity index (χ2n) is 2.62. The van der Waals surface area contributed by atoms with Crippen LogP contribution in [0.2, 0.25) is 0 Å². The summed E-state index contributed by atoms with van der Waals surface area (Å²) in [6, 6.07) is 2.41. The molecule has 1 aromatic rings. The number of hydrogen-bond donors (Lipinski definition) is 1. The molecule has 0 aromatic carbocycles. The minimum absolute atomic E-state index is 0.103. The number of hydrogen-bond acceptors (Lipinski definition) is 6. The lowest BCUT2D eigenvalue weighted by Crippen LogP contribution is -2.11. The maximum absolute atomic E-state index is 10.6. The second-order valence-corrected chi connectivity index (χ2v) is 2.62. The molecule has 0 bridgehead atoms. The molecule has 0 aliphatic rings. The number of nitro groups is 1. The van der Waals surface area contributed by atoms with E-state index in [-0.39, 0.29) is 11.8 Å². The van der Waals surface area contributed by atoms with E-state index in [1.54, 1.807) is 0 Å². The van der Waals surface area contributed by atoms with Crippen molar-refractivity contribution in [3.8, 4) is 11.8 Å². The molecule has 1 rings (SSSR count). The monoisotopic (exact) mass is 228 g/mol. The van der Waals surface area contributed by atoms with Crippen molar-refractivity contribution in [1.82, 2.24) is 4.98 Å². The quantitative estimate of drug-likeness (QED) is 0.575. The number of carbonyl (C=O) groups is 1. The van der Waals surface area contributed by atoms with E-state index < -0.39 is 23.2 Å². The summed E-state index contributed by atoms with van der Waals surface area (Å²) in [7, 11) is 1.33. The zero-order valence-electron chi connectivity index (χ0n) is 8.24. The summed E-state index contributed by atoms with van der Waals surface area (Å²) in [5.41, 5.74) is -0.415. The van der Waals surface area contributed by atoms with E-state index in [1.807, 2.05) is 0 Å². The lowest BCUT2D eigenvalue weighted by molar-refractivity contribution is -0.386. The van der Waals surface area contributed by atoms with Crippen molar-refractivity contribution in [3.05, 3.63) is 22.2 Å². The van der Waals surface area contributed by atoms with E-state index >= 15 is 0 Å². The number of carboxylic acids is 1. The van der Waals surface area contributed by atoms with Crippen molar-refractivity contribution in [3.63, 3.8) is 0 Å². The fourth-order valence-corrected chi connectivity index (χ4v) is 0.905. The highest BCUT2D eigenvalue weighted by atomic mass is 16.6. The number of nitrogens with zero attached hydrogens (tertiary/aromatic N) is 2. The van der Waals surface area contributed by atoms with Crippen LogP contribution in [0.3, 0.4) is 0 Å². The molecule has 0 fully saturated rings. The molecule has 0 atom stereocenters. The first-order valence-electron chi connectivity index (χ1n) is 4.08. The summed E-state index contributed by atoms with van der Waals surface area (Å²) in [5.74, 6) is -1.53. The SMILES string of the molecule is COc1ccc([N+](=O)[O-])c(OCC(=O)O)n1. The molecular formula is C8H8N2O6. The first-order valence-corrected chi connectivity index (χ1v) is 4.08. The fourth-order valence-electron chi connectivity index (χ4n) is 0.905. The molecule has 0 spiro atoms. The van der Waals surface area contributed by atoms with Crippen molar-refractivity contribution >= 4 is 11.7 Å². The van der Waals surface area contributed by atoms with Crippen LogP contribution in [0.5, 0.6) is 11.8 Å². The Bertz CT molecular complexity index is 419. The molecular weight excluding hydrogens is 220 g/mol. The van der Waals surface area contributed by atoms with Crippen LogP contribution in [-0.2, 0) is 4.79 Å². The van der Waals surface area contributed by atoms with Crippen LogP contribution >= 0.6 is 0 Å². The maximum atomic E-state index is 10.6. The van der Waals surface area contributed by atoms with Gasteiger partial charge in [0, 0.05) is 12.1 Å². The third-order valence-electron chi connectivity index (χ3n) is 1.55. The molecule has 86 valence electrons. The highest BCUT2D eigenvalue weighted by molar-refractivity contribution is 5.68. The van der Waals surface area contributed by atoms with Crippen LogP contribution in [0.25, 0.3) is 0 Å². The molecule has 0 saturated carbocycles. The molecule has 16 heavy (non-hydrogen) atoms. The Kier molecular flexibility index (Phi) is 3.59. The number of methoxy groups -OCH3 is 1. The molecule has 8 nitrogen and oxygen atoms in total. The van der Waals surface area contributed by atoms with Gasteiger partial charge in [-0.05, 0) is 0 Å². The predicted molar refractivity (Wildman–Crippen MR) is 50.6 cm³/mol. The molecule has 0 aliphatic carbocycles. The van der Waals surface area contributed by atoms with E-state index in [4.69, 9.17) is 9.84 Å². The van der Waals surface area contributed by atoms with Gasteiger partial charge in [0.15, 0.2) is 6.61 Å². The summed E-state index contributed by atoms with van der Waals surface area (Å²) in [6.45, 7) is -0.707. The van der Waals surface area contributed by atoms with Gasteiger partial charge < -0.3 is 14.6 Å². The Labute approximate surface area is 89.6 Å². The van der Waals surface area contributed by atoms with Crippen molar-refractivity contribution in [2.45, 2.75) is 0 Å². The van der Waals surface area contributed by atoms with Gasteiger partial charge in [0.2, 0.25) is 5.88 Å². The zero-order valence-corrected chi connectivity index (χ0v) is 8.24. The average molecular weight is 228 g/mol. The summed E-state index contributed by atoms with van der Waals surface area (Å²) >= 11 is 0. The second kappa shape index (κ2) is 4.91. The number of rotatable bonds is 5. The van der Waals surface area contributed by atoms with Gasteiger partial charge in [-0.15, -0.1) is 0 Å². The third-order valence-corrected chi connectivity index (χ3v) is 1.55. The van der Waals surface area contributed by atoms with Gasteiger partial charge in [-0.1, -0.05) is 0 Å². The highest BCUT2D eigenvalue weighted by Gasteiger charge is 2.18. The van der Waals surface area contributed by atoms with Crippen LogP contribution < -0.4 is 9.47 Å². The minimum atomic E-state index is -1.25. The van der Waals surface area contributed by atoms with Crippen LogP contribution in [0.1, 0.15) is 0 Å². The predicted octanol–water partition coefficient (Wildman–Crippen LogP) is 0.462. The van der Waals surface area contributed by atoms with Gasteiger partial charge in [-0.25, -0.2) is 4.79 Å². The Hall–Kier alpha value is -2.38. The Morgan fingerprint density at radius 1 is 1.62 bits per heavy atom. The number of ether oxygens (including phenoxy) is 2. The largest absolute Gasteiger partial charge is 0.481 e. The molecule has 0 unspecified atom stereocenters. The summed E-state index contributed by atoms with van der Waals surface area (Å²) in [5, 5.41) is 18.9. The van der Waals surface area contributed by atoms with Crippen LogP contribution in [0.4, 0.5) is 5.69 Å². The lowest BCUT2D eigenvalue weighted by Gasteiger charge is -2.04. The van der Waals surface area contributed by atoms with E-state index in [0.29, 0.717) is 0 Å². The summed E-state index contributed by atoms with van der Waals surface area (Å²) in [6.07, 6.45) is 0. The van der Waals surface area contributed by atoms with Crippen molar-refractivity contribution in [2.75, 3.05) is 13.7 Å². The van der Waals surface area contributed by atoms with Gasteiger partial charge in [0.05, 0.1) is 12.0 Å². The minimum Gasteiger partial charge on any atom is -0.481 e. The molecule has 8 heteroatoms. The lowest BCUT2D eigenvalue weighted by atomic mass is 10.4. The average Bonchev–Trinajstić information content (AvgIpc) is 2.25. The van der Waals surface area contributed by atoms with Crippen LogP contribution in [0, 0.1) is 10.1 Å². The van der Waals surface area contributed by atoms with Gasteiger partial charge in [-0.3, -0.25) is 10.1 Å². The molecule has 0 radical (unpaired) electrons. The number of aromatic nitrogens is 1. The standard InChI is InChI=1S/C8H8N2O6/c1-15-6-3-2-5(10(13)14)8(9-6)16-4-7(11)12/h2-3H,4H2,1H3,(H,11,12). The van der Waals surface area contributed by atoms with Crippen LogP contribution in [0.15, 0.2) is 12.1 Å². The van der Waals surface area contributed by atoms with Gasteiger partial charge in [0.1, 0.15) is 0 Å². The summed E-state index contributed by atoms with van der Waals surface area (Å²) < 4.78 is 9.41. The van der Waals surface area contributed by atoms with Gasteiger partial charge in [0.25, 0.3) is 5.88 Å². The molecule has 1 N–H and O–H groups in total. The zero-order chi connectivity index (χ0) is 12.1. The van der Waals surface area contributed by atoms with E-state index in [2.05, 4.69) is 9.72 Å². The Morgan fingerprint density at radius 2 is 2.31 bits per heavy atom. The van der Waals surface area contributed by atoms with E-state index in [1.165, 1.54) is 13.2 Å². The Morgan fingerprint density at radius 3 is 2.81 bits per heavy atom. The van der Waals surface area contributed by atoms with E-state index in [9.17, 15) is 14.9 Å². The number of pyridine rings is 1. The first-order chi connectivity index (χ1) is 7.54. The van der Waals surface area contributed by atoms with Crippen molar-refractivity contribution in [1.29, 1.82) is 0 Å². The van der Waals surface area contributed by atoms with Gasteiger partial charge in [-0.2, -0.15) is 4.98 Å². The number of aliphatic carboxylic acids is 1. The highest BCUT2D eigenvalue weighted by Crippen LogP contribution is 2.26. The normalized spacial score (nSPS) is 9.56. The summed E-state index contributed by atoms with van der Waals surface area (Å²) in [4.78, 5) is 23.7. The Balaban J connectivity index is 3.00. The third kappa shape index (κ3) is 2.80. The smallest absolute Gasteiger partial charge is 0.341 e. The van der Waals surface area contributed by atoms with Crippen LogP contribution in [-0.4, -0.2) is 34.7 Å². The number of carboxylic acid groups (broad SMARTS) is 1. The molecule has 0 amide bonds. The van der Waals surface area contributed by atoms with Crippen molar-refractivity contribution < 1.29 is 24.3 Å². The van der Waals surface area contributed by atoms with Gasteiger partial charge >= 0.3 is 11.7 Å². The maximum Gasteiger partial charge on any atom is 0.341 e. The first kappa shape index (κ1) is 11.7. The van der Waals surface area contributed by atoms with E-state index in [0.717, 1.165) is 6.07 Å².